The van der Waals surface area contributed by atoms with Crippen molar-refractivity contribution in [3.63, 3.8) is 0 Å². The molecular weight excluding hydrogens is 451 g/mol. The first-order chi connectivity index (χ1) is 14.8. The van der Waals surface area contributed by atoms with Gasteiger partial charge in [0, 0.05) is 33.9 Å². The molecule has 2 aromatic carbocycles. The summed E-state index contributed by atoms with van der Waals surface area (Å²) in [6.07, 6.45) is 1.67. The molecule has 2 amide bonds. The molecule has 2 aromatic rings. The van der Waals surface area contributed by atoms with E-state index in [0.29, 0.717) is 29.4 Å². The van der Waals surface area contributed by atoms with Gasteiger partial charge in [-0.05, 0) is 74.4 Å². The van der Waals surface area contributed by atoms with Crippen molar-refractivity contribution in [2.45, 2.75) is 63.6 Å². The molecule has 1 N–H and O–H groups in total. The molecule has 4 nitrogen and oxygen atoms in total. The average Bonchev–Trinajstić information content (AvgIpc) is 2.73. The van der Waals surface area contributed by atoms with E-state index in [2.05, 4.69) is 5.32 Å². The van der Waals surface area contributed by atoms with Crippen molar-refractivity contribution in [1.82, 2.24) is 10.2 Å². The van der Waals surface area contributed by atoms with Gasteiger partial charge in [0.1, 0.15) is 6.04 Å². The lowest BCUT2D eigenvalue weighted by atomic mass is 10.1. The van der Waals surface area contributed by atoms with Crippen LogP contribution in [0.3, 0.4) is 0 Å². The Kier molecular flexibility index (Phi) is 10.7. The first-order valence-corrected chi connectivity index (χ1v) is 12.3. The number of hydrogen-bond donors (Lipinski definition) is 1. The third kappa shape index (κ3) is 8.76. The fraction of sp³-hybridized carbons (Fsp3) is 0.417. The summed E-state index contributed by atoms with van der Waals surface area (Å²) in [6.45, 7) is 6.15. The summed E-state index contributed by atoms with van der Waals surface area (Å²) in [7, 11) is 0. The van der Waals surface area contributed by atoms with Gasteiger partial charge >= 0.3 is 0 Å². The van der Waals surface area contributed by atoms with Gasteiger partial charge in [-0.3, -0.25) is 9.59 Å². The number of nitrogens with one attached hydrogen (secondary N) is 1. The van der Waals surface area contributed by atoms with Gasteiger partial charge in [-0.2, -0.15) is 0 Å². The highest BCUT2D eigenvalue weighted by Crippen LogP contribution is 2.22. The van der Waals surface area contributed by atoms with E-state index in [0.717, 1.165) is 22.6 Å². The van der Waals surface area contributed by atoms with Crippen molar-refractivity contribution in [3.05, 3.63) is 64.1 Å². The lowest BCUT2D eigenvalue weighted by Gasteiger charge is -2.31. The molecule has 0 aromatic heterocycles. The minimum absolute atomic E-state index is 0.0163. The van der Waals surface area contributed by atoms with Crippen LogP contribution in [-0.2, 0) is 16.1 Å². The molecule has 0 aliphatic rings. The summed E-state index contributed by atoms with van der Waals surface area (Å²) < 4.78 is 0. The molecule has 168 valence electrons. The van der Waals surface area contributed by atoms with Gasteiger partial charge in [-0.25, -0.2) is 0 Å². The van der Waals surface area contributed by atoms with Gasteiger partial charge in [0.15, 0.2) is 0 Å². The molecule has 7 heteroatoms. The van der Waals surface area contributed by atoms with Crippen LogP contribution in [0.2, 0.25) is 10.0 Å². The van der Waals surface area contributed by atoms with Crippen LogP contribution in [0.25, 0.3) is 0 Å². The number of carbonyl (C=O) groups is 2. The van der Waals surface area contributed by atoms with E-state index in [1.165, 1.54) is 0 Å². The van der Waals surface area contributed by atoms with Crippen LogP contribution in [0.5, 0.6) is 0 Å². The first kappa shape index (κ1) is 25.6. The van der Waals surface area contributed by atoms with E-state index in [1.54, 1.807) is 28.8 Å². The monoisotopic (exact) mass is 480 g/mol. The zero-order chi connectivity index (χ0) is 22.8. The maximum Gasteiger partial charge on any atom is 0.243 e. The van der Waals surface area contributed by atoms with Gasteiger partial charge in [0.05, 0.1) is 0 Å². The van der Waals surface area contributed by atoms with Crippen molar-refractivity contribution < 1.29 is 9.59 Å². The fourth-order valence-corrected chi connectivity index (χ4v) is 4.28. The number of rotatable bonds is 11. The lowest BCUT2D eigenvalue weighted by molar-refractivity contribution is -0.141. The number of thioether (sulfide) groups is 1. The number of carbonyl (C=O) groups excluding carboxylic acids is 2. The maximum atomic E-state index is 13.2. The number of benzene rings is 2. The van der Waals surface area contributed by atoms with Gasteiger partial charge in [0.25, 0.3) is 0 Å². The minimum Gasteiger partial charge on any atom is -0.352 e. The van der Waals surface area contributed by atoms with E-state index in [1.807, 2.05) is 57.2 Å². The largest absolute Gasteiger partial charge is 0.352 e. The highest BCUT2D eigenvalue weighted by atomic mass is 35.5. The standard InChI is InChI=1S/C24H30Cl2N2O2S/c1-4-22(24(30)27-17(2)3)28(16-18-7-9-19(25)10-8-18)23(29)6-5-15-31-21-13-11-20(26)12-14-21/h7-14,17,22H,4-6,15-16H2,1-3H3,(H,27,30)/t22-/m0/s1. The molecule has 1 atom stereocenters. The normalized spacial score (nSPS) is 11.9. The van der Waals surface area contributed by atoms with Crippen LogP contribution < -0.4 is 5.32 Å². The molecule has 0 fully saturated rings. The Morgan fingerprint density at radius 1 is 1.00 bits per heavy atom. The van der Waals surface area contributed by atoms with E-state index >= 15 is 0 Å². The van der Waals surface area contributed by atoms with Crippen LogP contribution in [0.1, 0.15) is 45.6 Å². The quantitative estimate of drug-likeness (QED) is 0.307. The molecular formula is C24H30Cl2N2O2S. The second-order valence-corrected chi connectivity index (χ2v) is 9.68. The Morgan fingerprint density at radius 2 is 1.58 bits per heavy atom. The van der Waals surface area contributed by atoms with Crippen molar-refractivity contribution >= 4 is 46.8 Å². The molecule has 0 saturated heterocycles. The van der Waals surface area contributed by atoms with Gasteiger partial charge in [-0.1, -0.05) is 42.3 Å². The Morgan fingerprint density at radius 3 is 2.13 bits per heavy atom. The summed E-state index contributed by atoms with van der Waals surface area (Å²) in [5, 5.41) is 4.30. The summed E-state index contributed by atoms with van der Waals surface area (Å²) >= 11 is 13.6. The van der Waals surface area contributed by atoms with Gasteiger partial charge < -0.3 is 10.2 Å². The SMILES string of the molecule is CC[C@@H](C(=O)NC(C)C)N(Cc1ccc(Cl)cc1)C(=O)CCCSc1ccc(Cl)cc1. The molecule has 31 heavy (non-hydrogen) atoms. The topological polar surface area (TPSA) is 49.4 Å². The molecule has 0 bridgehead atoms. The second kappa shape index (κ2) is 13.0. The smallest absolute Gasteiger partial charge is 0.243 e. The van der Waals surface area contributed by atoms with E-state index in [4.69, 9.17) is 23.2 Å². The number of hydrogen-bond acceptors (Lipinski definition) is 3. The van der Waals surface area contributed by atoms with Crippen molar-refractivity contribution in [1.29, 1.82) is 0 Å². The molecule has 0 heterocycles. The molecule has 2 rings (SSSR count). The predicted octanol–water partition coefficient (Wildman–Crippen LogP) is 6.20. The zero-order valence-corrected chi connectivity index (χ0v) is 20.6. The lowest BCUT2D eigenvalue weighted by Crippen LogP contribution is -2.50. The van der Waals surface area contributed by atoms with Gasteiger partial charge in [0.2, 0.25) is 11.8 Å². The molecule has 0 radical (unpaired) electrons. The Hall–Kier alpha value is -1.69. The van der Waals surface area contributed by atoms with Crippen molar-refractivity contribution in [2.75, 3.05) is 5.75 Å². The number of nitrogens with zero attached hydrogens (tertiary/aromatic N) is 1. The average molecular weight is 481 g/mol. The zero-order valence-electron chi connectivity index (χ0n) is 18.2. The summed E-state index contributed by atoms with van der Waals surface area (Å²) in [6, 6.07) is 14.6. The van der Waals surface area contributed by atoms with Crippen LogP contribution in [-0.4, -0.2) is 34.6 Å². The van der Waals surface area contributed by atoms with Crippen LogP contribution in [0.4, 0.5) is 0 Å². The van der Waals surface area contributed by atoms with E-state index in [9.17, 15) is 9.59 Å². The maximum absolute atomic E-state index is 13.2. The third-order valence-corrected chi connectivity index (χ3v) is 6.30. The Balaban J connectivity index is 2.04. The molecule has 0 saturated carbocycles. The highest BCUT2D eigenvalue weighted by Gasteiger charge is 2.28. The Bertz CT molecular complexity index is 842. The van der Waals surface area contributed by atoms with E-state index in [-0.39, 0.29) is 17.9 Å². The van der Waals surface area contributed by atoms with Crippen LogP contribution in [0.15, 0.2) is 53.4 Å². The molecule has 0 aliphatic carbocycles. The summed E-state index contributed by atoms with van der Waals surface area (Å²) in [4.78, 5) is 28.8. The van der Waals surface area contributed by atoms with Gasteiger partial charge in [-0.15, -0.1) is 11.8 Å². The Labute approximate surface area is 199 Å². The van der Waals surface area contributed by atoms with E-state index < -0.39 is 6.04 Å². The minimum atomic E-state index is -0.505. The van der Waals surface area contributed by atoms with Crippen LogP contribution >= 0.6 is 35.0 Å². The van der Waals surface area contributed by atoms with Crippen molar-refractivity contribution in [3.8, 4) is 0 Å². The number of amides is 2. The molecule has 0 aliphatic heterocycles. The van der Waals surface area contributed by atoms with Crippen LogP contribution in [0, 0.1) is 0 Å². The third-order valence-electron chi connectivity index (χ3n) is 4.70. The summed E-state index contributed by atoms with van der Waals surface area (Å²) in [5.41, 5.74) is 0.948. The number of halogens is 2. The summed E-state index contributed by atoms with van der Waals surface area (Å²) in [5.74, 6) is 0.685. The fourth-order valence-electron chi connectivity index (χ4n) is 3.17. The van der Waals surface area contributed by atoms with Crippen molar-refractivity contribution in [2.24, 2.45) is 0 Å². The predicted molar refractivity (Wildman–Crippen MR) is 131 cm³/mol. The highest BCUT2D eigenvalue weighted by molar-refractivity contribution is 7.99. The first-order valence-electron chi connectivity index (χ1n) is 10.5. The molecule has 0 unspecified atom stereocenters. The molecule has 0 spiro atoms. The second-order valence-electron chi connectivity index (χ2n) is 7.64.